The van der Waals surface area contributed by atoms with Gasteiger partial charge in [-0.2, -0.15) is 9.97 Å². The van der Waals surface area contributed by atoms with E-state index in [1.165, 1.54) is 4.90 Å². The average Bonchev–Trinajstić information content (AvgIpc) is 2.62. The summed E-state index contributed by atoms with van der Waals surface area (Å²) in [6.45, 7) is 4.20. The van der Waals surface area contributed by atoms with E-state index in [1.54, 1.807) is 13.2 Å². The molecule has 8 nitrogen and oxygen atoms in total. The molecule has 8 heteroatoms. The van der Waals surface area contributed by atoms with Gasteiger partial charge in [-0.05, 0) is 31.2 Å². The molecule has 0 aliphatic carbocycles. The summed E-state index contributed by atoms with van der Waals surface area (Å²) in [4.78, 5) is 22.9. The number of benzene rings is 1. The second-order valence-electron chi connectivity index (χ2n) is 5.69. The molecule has 3 rings (SSSR count). The van der Waals surface area contributed by atoms with Gasteiger partial charge in [0.05, 0.1) is 7.11 Å². The highest BCUT2D eigenvalue weighted by molar-refractivity contribution is 5.65. The summed E-state index contributed by atoms with van der Waals surface area (Å²) >= 11 is 0. The van der Waals surface area contributed by atoms with Crippen molar-refractivity contribution in [3.05, 3.63) is 36.0 Å². The molecule has 1 aliphatic rings. The van der Waals surface area contributed by atoms with E-state index in [9.17, 15) is 4.79 Å². The number of piperazine rings is 1. The molecule has 1 fully saturated rings. The van der Waals surface area contributed by atoms with E-state index >= 15 is 0 Å². The Morgan fingerprint density at radius 1 is 1.12 bits per heavy atom. The molecule has 1 amide bonds. The van der Waals surface area contributed by atoms with Crippen LogP contribution in [-0.4, -0.2) is 59.4 Å². The smallest absolute Gasteiger partial charge is 0.407 e. The Balaban J connectivity index is 1.65. The Kier molecular flexibility index (Phi) is 4.87. The summed E-state index contributed by atoms with van der Waals surface area (Å²) in [5.41, 5.74) is 1.79. The number of rotatable bonds is 4. The predicted octanol–water partition coefficient (Wildman–Crippen LogP) is 2.39. The number of nitrogens with zero attached hydrogens (tertiary/aromatic N) is 4. The van der Waals surface area contributed by atoms with Gasteiger partial charge in [0.1, 0.15) is 5.75 Å². The standard InChI is InChI=1S/C17H20N4O4/c1-12-11-15(24-2)19-16(18-12)25-14-5-3-13(4-6-14)20-7-9-21(10-8-20)17(22)23/h3-6,11H,7-10H2,1-2H3,(H,22,23). The zero-order valence-electron chi connectivity index (χ0n) is 14.2. The summed E-state index contributed by atoms with van der Waals surface area (Å²) in [6.07, 6.45) is -0.864. The van der Waals surface area contributed by atoms with Gasteiger partial charge in [0.25, 0.3) is 0 Å². The largest absolute Gasteiger partial charge is 0.481 e. The van der Waals surface area contributed by atoms with Crippen molar-refractivity contribution in [1.82, 2.24) is 14.9 Å². The molecule has 1 aromatic carbocycles. The molecule has 1 saturated heterocycles. The molecular weight excluding hydrogens is 324 g/mol. The molecule has 1 aliphatic heterocycles. The van der Waals surface area contributed by atoms with E-state index in [1.807, 2.05) is 31.2 Å². The van der Waals surface area contributed by atoms with Gasteiger partial charge < -0.3 is 24.4 Å². The first-order valence-corrected chi connectivity index (χ1v) is 7.95. The first kappa shape index (κ1) is 16.8. The molecular formula is C17H20N4O4. The molecule has 0 radical (unpaired) electrons. The van der Waals surface area contributed by atoms with Crippen molar-refractivity contribution >= 4 is 11.8 Å². The quantitative estimate of drug-likeness (QED) is 0.911. The van der Waals surface area contributed by atoms with Crippen molar-refractivity contribution in [3.8, 4) is 17.6 Å². The minimum atomic E-state index is -0.864. The van der Waals surface area contributed by atoms with Crippen LogP contribution in [0.25, 0.3) is 0 Å². The lowest BCUT2D eigenvalue weighted by molar-refractivity contribution is 0.142. The third-order valence-electron chi connectivity index (χ3n) is 3.98. The molecule has 25 heavy (non-hydrogen) atoms. The molecule has 1 N–H and O–H groups in total. The van der Waals surface area contributed by atoms with Crippen LogP contribution in [0.3, 0.4) is 0 Å². The molecule has 2 aromatic rings. The lowest BCUT2D eigenvalue weighted by Gasteiger charge is -2.34. The lowest BCUT2D eigenvalue weighted by atomic mass is 10.2. The Labute approximate surface area is 145 Å². The van der Waals surface area contributed by atoms with Gasteiger partial charge in [-0.15, -0.1) is 0 Å². The van der Waals surface area contributed by atoms with Crippen LogP contribution in [0, 0.1) is 6.92 Å². The SMILES string of the molecule is COc1cc(C)nc(Oc2ccc(N3CCN(C(=O)O)CC3)cc2)n1. The van der Waals surface area contributed by atoms with Crippen molar-refractivity contribution in [2.75, 3.05) is 38.2 Å². The Morgan fingerprint density at radius 3 is 2.40 bits per heavy atom. The summed E-state index contributed by atoms with van der Waals surface area (Å²) in [7, 11) is 1.55. The van der Waals surface area contributed by atoms with Gasteiger partial charge in [0.2, 0.25) is 5.88 Å². The van der Waals surface area contributed by atoms with Crippen LogP contribution in [-0.2, 0) is 0 Å². The highest BCUT2D eigenvalue weighted by atomic mass is 16.5. The molecule has 0 spiro atoms. The maximum Gasteiger partial charge on any atom is 0.407 e. The van der Waals surface area contributed by atoms with Gasteiger partial charge >= 0.3 is 12.1 Å². The van der Waals surface area contributed by atoms with Crippen molar-refractivity contribution in [1.29, 1.82) is 0 Å². The fraction of sp³-hybridized carbons (Fsp3) is 0.353. The second kappa shape index (κ2) is 7.25. The van der Waals surface area contributed by atoms with Gasteiger partial charge in [0, 0.05) is 43.6 Å². The van der Waals surface area contributed by atoms with Crippen LogP contribution in [0.5, 0.6) is 17.6 Å². The van der Waals surface area contributed by atoms with Crippen molar-refractivity contribution in [2.24, 2.45) is 0 Å². The molecule has 0 saturated carbocycles. The molecule has 2 heterocycles. The highest BCUT2D eigenvalue weighted by Gasteiger charge is 2.20. The molecule has 0 atom stereocenters. The number of anilines is 1. The Bertz CT molecular complexity index is 743. The maximum absolute atomic E-state index is 11.0. The fourth-order valence-corrected chi connectivity index (χ4v) is 2.65. The first-order chi connectivity index (χ1) is 12.0. The van der Waals surface area contributed by atoms with Gasteiger partial charge in [-0.1, -0.05) is 0 Å². The maximum atomic E-state index is 11.0. The van der Waals surface area contributed by atoms with E-state index in [-0.39, 0.29) is 6.01 Å². The zero-order chi connectivity index (χ0) is 17.8. The van der Waals surface area contributed by atoms with Crippen LogP contribution in [0.1, 0.15) is 5.69 Å². The highest BCUT2D eigenvalue weighted by Crippen LogP contribution is 2.24. The summed E-state index contributed by atoms with van der Waals surface area (Å²) in [5, 5.41) is 9.00. The van der Waals surface area contributed by atoms with E-state index < -0.39 is 6.09 Å². The molecule has 0 bridgehead atoms. The predicted molar refractivity (Wildman–Crippen MR) is 91.6 cm³/mol. The number of hydrogen-bond donors (Lipinski definition) is 1. The first-order valence-electron chi connectivity index (χ1n) is 7.95. The molecule has 0 unspecified atom stereocenters. The normalized spacial score (nSPS) is 14.3. The summed E-state index contributed by atoms with van der Waals surface area (Å²) in [5.74, 6) is 1.08. The molecule has 132 valence electrons. The van der Waals surface area contributed by atoms with Crippen LogP contribution < -0.4 is 14.4 Å². The van der Waals surface area contributed by atoms with Crippen LogP contribution >= 0.6 is 0 Å². The minimum absolute atomic E-state index is 0.236. The lowest BCUT2D eigenvalue weighted by Crippen LogP contribution is -2.48. The Morgan fingerprint density at radius 2 is 1.80 bits per heavy atom. The zero-order valence-corrected chi connectivity index (χ0v) is 14.2. The van der Waals surface area contributed by atoms with Gasteiger partial charge in [0.15, 0.2) is 0 Å². The molecule has 1 aromatic heterocycles. The number of carboxylic acid groups (broad SMARTS) is 1. The van der Waals surface area contributed by atoms with Gasteiger partial charge in [-0.25, -0.2) is 4.79 Å². The number of aromatic nitrogens is 2. The van der Waals surface area contributed by atoms with E-state index in [0.29, 0.717) is 37.8 Å². The van der Waals surface area contributed by atoms with Crippen LogP contribution in [0.15, 0.2) is 30.3 Å². The number of carbonyl (C=O) groups is 1. The number of hydrogen-bond acceptors (Lipinski definition) is 6. The van der Waals surface area contributed by atoms with Crippen molar-refractivity contribution in [2.45, 2.75) is 6.92 Å². The monoisotopic (exact) mass is 344 g/mol. The third-order valence-corrected chi connectivity index (χ3v) is 3.98. The van der Waals surface area contributed by atoms with Crippen LogP contribution in [0.4, 0.5) is 10.5 Å². The van der Waals surface area contributed by atoms with E-state index in [4.69, 9.17) is 14.6 Å². The summed E-state index contributed by atoms with van der Waals surface area (Å²) in [6, 6.07) is 9.54. The number of amides is 1. The number of aryl methyl sites for hydroxylation is 1. The number of methoxy groups -OCH3 is 1. The number of ether oxygens (including phenoxy) is 2. The van der Waals surface area contributed by atoms with Crippen molar-refractivity contribution < 1.29 is 19.4 Å². The van der Waals surface area contributed by atoms with E-state index in [2.05, 4.69) is 14.9 Å². The second-order valence-corrected chi connectivity index (χ2v) is 5.69. The van der Waals surface area contributed by atoms with Crippen molar-refractivity contribution in [3.63, 3.8) is 0 Å². The summed E-state index contributed by atoms with van der Waals surface area (Å²) < 4.78 is 10.8. The Hall–Kier alpha value is -3.03. The van der Waals surface area contributed by atoms with E-state index in [0.717, 1.165) is 11.4 Å². The fourth-order valence-electron chi connectivity index (χ4n) is 2.65. The third kappa shape index (κ3) is 4.09. The topological polar surface area (TPSA) is 88.0 Å². The van der Waals surface area contributed by atoms with Gasteiger partial charge in [-0.3, -0.25) is 0 Å². The minimum Gasteiger partial charge on any atom is -0.481 e. The average molecular weight is 344 g/mol. The van der Waals surface area contributed by atoms with Crippen LogP contribution in [0.2, 0.25) is 0 Å².